The number of fused-ring (bicyclic) bond motifs is 1. The highest BCUT2D eigenvalue weighted by Crippen LogP contribution is 2.37. The van der Waals surface area contributed by atoms with Crippen LogP contribution in [0.25, 0.3) is 44.4 Å². The molecular formula is C48H52N8O6. The Morgan fingerprint density at radius 3 is 1.84 bits per heavy atom. The lowest BCUT2D eigenvalue weighted by atomic mass is 9.90. The Morgan fingerprint density at radius 2 is 1.23 bits per heavy atom. The average molecular weight is 837 g/mol. The highest BCUT2D eigenvalue weighted by atomic mass is 16.5. The second-order valence-corrected chi connectivity index (χ2v) is 16.5. The molecule has 2 aliphatic rings. The first kappa shape index (κ1) is 41.8. The Kier molecular flexibility index (Phi) is 11.8. The van der Waals surface area contributed by atoms with E-state index in [2.05, 4.69) is 81.3 Å². The van der Waals surface area contributed by atoms with Gasteiger partial charge < -0.3 is 39.9 Å². The van der Waals surface area contributed by atoms with Gasteiger partial charge in [0.25, 0.3) is 5.91 Å². The monoisotopic (exact) mass is 836 g/mol. The molecule has 2 aromatic heterocycles. The highest BCUT2D eigenvalue weighted by molar-refractivity contribution is 5.92. The van der Waals surface area contributed by atoms with Crippen molar-refractivity contribution in [2.45, 2.75) is 70.1 Å². The van der Waals surface area contributed by atoms with Gasteiger partial charge in [-0.2, -0.15) is 0 Å². The Labute approximate surface area is 360 Å². The first-order valence-electron chi connectivity index (χ1n) is 21.1. The van der Waals surface area contributed by atoms with E-state index in [0.717, 1.165) is 75.9 Å². The summed E-state index contributed by atoms with van der Waals surface area (Å²) in [6, 6.07) is 29.1. The smallest absolute Gasteiger partial charge is 0.407 e. The van der Waals surface area contributed by atoms with E-state index in [1.54, 1.807) is 18.0 Å². The molecule has 2 aliphatic heterocycles. The van der Waals surface area contributed by atoms with Crippen molar-refractivity contribution in [3.63, 3.8) is 0 Å². The third kappa shape index (κ3) is 8.24. The summed E-state index contributed by atoms with van der Waals surface area (Å²) in [5.74, 6) is 0.948. The zero-order valence-electron chi connectivity index (χ0n) is 35.6. The molecule has 2 saturated heterocycles. The predicted molar refractivity (Wildman–Crippen MR) is 235 cm³/mol. The SMILES string of the molecule is COC(=O)NC(C(=O)N1CCC[C@H]1c1ncc(-c2ccc3cc(-c4ccc(-c5cnc([C@@H]6CCCN6C(=O)[C@@](C)(NC(=O)OC)c6ccccc6)[nH]5)cc4)ccc3c2)[nH]1)C(C)C. The van der Waals surface area contributed by atoms with Crippen molar-refractivity contribution >= 4 is 34.8 Å². The third-order valence-corrected chi connectivity index (χ3v) is 12.3. The van der Waals surface area contributed by atoms with Crippen LogP contribution in [0.3, 0.4) is 0 Å². The van der Waals surface area contributed by atoms with Crippen molar-refractivity contribution in [1.82, 2.24) is 40.4 Å². The van der Waals surface area contributed by atoms with Gasteiger partial charge in [0.15, 0.2) is 0 Å². The molecule has 1 unspecified atom stereocenters. The van der Waals surface area contributed by atoms with Gasteiger partial charge in [-0.05, 0) is 83.7 Å². The topological polar surface area (TPSA) is 175 Å². The number of nitrogens with zero attached hydrogens (tertiary/aromatic N) is 4. The van der Waals surface area contributed by atoms with Crippen molar-refractivity contribution in [2.24, 2.45) is 5.92 Å². The summed E-state index contributed by atoms with van der Waals surface area (Å²) in [5, 5.41) is 7.68. The first-order valence-corrected chi connectivity index (χ1v) is 21.1. The van der Waals surface area contributed by atoms with Gasteiger partial charge in [0, 0.05) is 18.7 Å². The summed E-state index contributed by atoms with van der Waals surface area (Å²) >= 11 is 0. The van der Waals surface area contributed by atoms with Crippen molar-refractivity contribution in [1.29, 1.82) is 0 Å². The van der Waals surface area contributed by atoms with E-state index in [4.69, 9.17) is 19.4 Å². The Bertz CT molecular complexity index is 2590. The lowest BCUT2D eigenvalue weighted by Gasteiger charge is -2.35. The Morgan fingerprint density at radius 1 is 0.694 bits per heavy atom. The normalized spacial score (nSPS) is 17.8. The second-order valence-electron chi connectivity index (χ2n) is 16.5. The number of aromatic nitrogens is 4. The van der Waals surface area contributed by atoms with Gasteiger partial charge >= 0.3 is 12.2 Å². The van der Waals surface area contributed by atoms with Crippen LogP contribution in [0.2, 0.25) is 0 Å². The standard InChI is InChI=1S/C48H52N8O6/c1-29(2)41(53-46(59)61-4)44(57)55-23-9-13-39(55)42-50-28-38(52-42)35-22-21-33-25-32(19-20-34(33)26-35)30-15-17-31(18-16-30)37-27-49-43(51-37)40-14-10-24-56(40)45(58)48(3,54-47(60)62-5)36-11-7-6-8-12-36/h6-8,11-12,15-22,25-29,39-41H,9-10,13-14,23-24H2,1-5H3,(H,49,51)(H,50,52)(H,53,59)(H,54,60)/t39-,40-,41?,48-/m0/s1. The van der Waals surface area contributed by atoms with Gasteiger partial charge in [-0.25, -0.2) is 19.6 Å². The number of H-pyrrole nitrogens is 2. The zero-order valence-corrected chi connectivity index (χ0v) is 35.6. The molecule has 2 fully saturated rings. The van der Waals surface area contributed by atoms with Gasteiger partial charge in [0.1, 0.15) is 23.2 Å². The summed E-state index contributed by atoms with van der Waals surface area (Å²) in [4.78, 5) is 72.3. The fraction of sp³-hybridized carbons (Fsp3) is 0.333. The number of nitrogens with one attached hydrogen (secondary N) is 4. The molecule has 14 nitrogen and oxygen atoms in total. The van der Waals surface area contributed by atoms with Crippen molar-refractivity contribution in [3.05, 3.63) is 121 Å². The number of hydrogen-bond donors (Lipinski definition) is 4. The number of methoxy groups -OCH3 is 2. The molecule has 4 heterocycles. The van der Waals surface area contributed by atoms with Crippen LogP contribution >= 0.6 is 0 Å². The van der Waals surface area contributed by atoms with Crippen LogP contribution in [-0.2, 0) is 24.6 Å². The lowest BCUT2D eigenvalue weighted by molar-refractivity contribution is -0.139. The Balaban J connectivity index is 0.950. The molecule has 4 amide bonds. The molecule has 4 atom stereocenters. The summed E-state index contributed by atoms with van der Waals surface area (Å²) in [6.45, 7) is 6.65. The molecule has 14 heteroatoms. The Hall–Kier alpha value is -6.96. The van der Waals surface area contributed by atoms with Gasteiger partial charge in [-0.1, -0.05) is 92.7 Å². The quantitative estimate of drug-likeness (QED) is 0.101. The number of alkyl carbamates (subject to hydrolysis) is 2. The van der Waals surface area contributed by atoms with Crippen molar-refractivity contribution in [2.75, 3.05) is 27.3 Å². The molecule has 0 spiro atoms. The van der Waals surface area contributed by atoms with Crippen LogP contribution in [0.15, 0.2) is 103 Å². The number of ether oxygens (including phenoxy) is 2. The van der Waals surface area contributed by atoms with E-state index >= 15 is 0 Å². The minimum atomic E-state index is -1.33. The minimum absolute atomic E-state index is 0.109. The predicted octanol–water partition coefficient (Wildman–Crippen LogP) is 8.27. The molecule has 4 aromatic carbocycles. The largest absolute Gasteiger partial charge is 0.453 e. The number of likely N-dealkylation sites (tertiary alicyclic amines) is 2. The number of carbonyl (C=O) groups excluding carboxylic acids is 4. The van der Waals surface area contributed by atoms with Gasteiger partial charge in [0.2, 0.25) is 5.91 Å². The van der Waals surface area contributed by atoms with Crippen LogP contribution in [0.4, 0.5) is 9.59 Å². The van der Waals surface area contributed by atoms with E-state index < -0.39 is 23.8 Å². The molecule has 320 valence electrons. The number of aromatic amines is 2. The van der Waals surface area contributed by atoms with Crippen LogP contribution in [0.1, 0.15) is 75.8 Å². The minimum Gasteiger partial charge on any atom is -0.453 e. The van der Waals surface area contributed by atoms with Crippen LogP contribution in [0.5, 0.6) is 0 Å². The molecule has 0 saturated carbocycles. The maximum Gasteiger partial charge on any atom is 0.407 e. The molecule has 4 N–H and O–H groups in total. The maximum atomic E-state index is 14.2. The van der Waals surface area contributed by atoms with Gasteiger partial charge in [-0.3, -0.25) is 9.59 Å². The second kappa shape index (κ2) is 17.6. The molecule has 0 bridgehead atoms. The summed E-state index contributed by atoms with van der Waals surface area (Å²) in [7, 11) is 2.58. The van der Waals surface area contributed by atoms with Crippen molar-refractivity contribution in [3.8, 4) is 33.6 Å². The number of amides is 4. The van der Waals surface area contributed by atoms with Crippen LogP contribution in [0, 0.1) is 5.92 Å². The number of hydrogen-bond acceptors (Lipinski definition) is 8. The summed E-state index contributed by atoms with van der Waals surface area (Å²) < 4.78 is 9.67. The summed E-state index contributed by atoms with van der Waals surface area (Å²) in [5.41, 5.74) is 5.16. The number of imidazole rings is 2. The summed E-state index contributed by atoms with van der Waals surface area (Å²) in [6.07, 6.45) is 5.50. The number of benzene rings is 4. The molecule has 62 heavy (non-hydrogen) atoms. The van der Waals surface area contributed by atoms with Crippen LogP contribution < -0.4 is 10.6 Å². The fourth-order valence-corrected chi connectivity index (χ4v) is 8.79. The van der Waals surface area contributed by atoms with Gasteiger partial charge in [-0.15, -0.1) is 0 Å². The van der Waals surface area contributed by atoms with E-state index in [1.165, 1.54) is 14.2 Å². The third-order valence-electron chi connectivity index (χ3n) is 12.3. The highest BCUT2D eigenvalue weighted by Gasteiger charge is 2.45. The molecule has 8 rings (SSSR count). The van der Waals surface area contributed by atoms with Gasteiger partial charge in [0.05, 0.1) is 50.1 Å². The first-order chi connectivity index (χ1) is 30.0. The molecule has 6 aromatic rings. The number of carbonyl (C=O) groups is 4. The molecular weight excluding hydrogens is 785 g/mol. The van der Waals surface area contributed by atoms with Crippen LogP contribution in [-0.4, -0.2) is 87.1 Å². The molecule has 0 radical (unpaired) electrons. The van der Waals surface area contributed by atoms with Crippen molar-refractivity contribution < 1.29 is 28.7 Å². The van der Waals surface area contributed by atoms with E-state index in [0.29, 0.717) is 24.5 Å². The fourth-order valence-electron chi connectivity index (χ4n) is 8.79. The lowest BCUT2D eigenvalue weighted by Crippen LogP contribution is -2.55. The van der Waals surface area contributed by atoms with E-state index in [9.17, 15) is 19.2 Å². The average Bonchev–Trinajstić information content (AvgIpc) is 4.15. The van der Waals surface area contributed by atoms with E-state index in [1.807, 2.05) is 55.3 Å². The van der Waals surface area contributed by atoms with E-state index in [-0.39, 0.29) is 29.8 Å². The molecule has 0 aliphatic carbocycles. The maximum absolute atomic E-state index is 14.2. The zero-order chi connectivity index (χ0) is 43.5. The number of rotatable bonds is 11.